The Kier molecular flexibility index (Phi) is 5.68. The van der Waals surface area contributed by atoms with Crippen molar-refractivity contribution in [1.29, 1.82) is 5.26 Å². The molecule has 5 heteroatoms. The molecule has 0 aliphatic heterocycles. The minimum atomic E-state index is -0.968. The summed E-state index contributed by atoms with van der Waals surface area (Å²) < 4.78 is 5.00. The second kappa shape index (κ2) is 7.30. The Balaban J connectivity index is 2.96. The Bertz CT molecular complexity index is 440. The van der Waals surface area contributed by atoms with Gasteiger partial charge in [0.25, 0.3) is 0 Å². The van der Waals surface area contributed by atoms with Crippen LogP contribution in [0.4, 0.5) is 5.69 Å². The smallest absolute Gasteiger partial charge is 0.337 e. The van der Waals surface area contributed by atoms with E-state index in [0.29, 0.717) is 31.8 Å². The Morgan fingerprint density at radius 2 is 2.17 bits per heavy atom. The molecule has 0 bridgehead atoms. The predicted octanol–water partition coefficient (Wildman–Crippen LogP) is 1.75. The maximum absolute atomic E-state index is 11.2. The van der Waals surface area contributed by atoms with Crippen LogP contribution in [0.3, 0.4) is 0 Å². The molecule has 0 spiro atoms. The molecule has 1 rings (SSSR count). The fraction of sp³-hybridized carbons (Fsp3) is 0.385. The largest absolute Gasteiger partial charge is 0.478 e. The maximum atomic E-state index is 11.2. The first-order chi connectivity index (χ1) is 8.70. The van der Waals surface area contributed by atoms with Crippen LogP contribution in [0.1, 0.15) is 16.8 Å². The van der Waals surface area contributed by atoms with E-state index in [-0.39, 0.29) is 5.56 Å². The number of carbonyl (C=O) groups is 1. The molecular formula is C13H16N2O3. The Labute approximate surface area is 106 Å². The molecule has 0 aliphatic carbocycles. The fourth-order valence-electron chi connectivity index (χ4n) is 1.67. The highest BCUT2D eigenvalue weighted by atomic mass is 16.5. The molecule has 0 radical (unpaired) electrons. The van der Waals surface area contributed by atoms with Gasteiger partial charge in [-0.3, -0.25) is 0 Å². The average Bonchev–Trinajstić information content (AvgIpc) is 2.39. The third-order valence-corrected chi connectivity index (χ3v) is 2.53. The molecule has 0 aromatic heterocycles. The summed E-state index contributed by atoms with van der Waals surface area (Å²) in [6.07, 6.45) is 0.345. The zero-order valence-electron chi connectivity index (χ0n) is 10.3. The van der Waals surface area contributed by atoms with Gasteiger partial charge in [0.2, 0.25) is 0 Å². The van der Waals surface area contributed by atoms with Gasteiger partial charge in [-0.15, -0.1) is 0 Å². The van der Waals surface area contributed by atoms with Crippen molar-refractivity contribution in [3.05, 3.63) is 29.8 Å². The molecule has 18 heavy (non-hydrogen) atoms. The maximum Gasteiger partial charge on any atom is 0.337 e. The molecular weight excluding hydrogens is 232 g/mol. The van der Waals surface area contributed by atoms with Crippen molar-refractivity contribution in [3.8, 4) is 6.07 Å². The van der Waals surface area contributed by atoms with E-state index >= 15 is 0 Å². The molecule has 0 fully saturated rings. The van der Waals surface area contributed by atoms with Crippen LogP contribution < -0.4 is 4.90 Å². The lowest BCUT2D eigenvalue weighted by atomic mass is 10.1. The van der Waals surface area contributed by atoms with Crippen molar-refractivity contribution < 1.29 is 14.6 Å². The van der Waals surface area contributed by atoms with Crippen LogP contribution in [0.25, 0.3) is 0 Å². The molecule has 0 aliphatic rings. The van der Waals surface area contributed by atoms with E-state index in [0.717, 1.165) is 0 Å². The highest BCUT2D eigenvalue weighted by Gasteiger charge is 2.14. The van der Waals surface area contributed by atoms with E-state index in [1.165, 1.54) is 0 Å². The lowest BCUT2D eigenvalue weighted by Crippen LogP contribution is -2.29. The Hall–Kier alpha value is -2.06. The molecule has 1 aromatic carbocycles. The van der Waals surface area contributed by atoms with Gasteiger partial charge in [-0.25, -0.2) is 4.79 Å². The van der Waals surface area contributed by atoms with Crippen molar-refractivity contribution in [1.82, 2.24) is 0 Å². The summed E-state index contributed by atoms with van der Waals surface area (Å²) in [7, 11) is 1.59. The molecule has 0 saturated heterocycles. The van der Waals surface area contributed by atoms with E-state index in [4.69, 9.17) is 15.1 Å². The van der Waals surface area contributed by atoms with Crippen LogP contribution in [0.5, 0.6) is 0 Å². The Morgan fingerprint density at radius 3 is 2.78 bits per heavy atom. The number of nitrogens with zero attached hydrogens (tertiary/aromatic N) is 2. The number of hydrogen-bond acceptors (Lipinski definition) is 4. The lowest BCUT2D eigenvalue weighted by molar-refractivity contribution is 0.0697. The van der Waals surface area contributed by atoms with E-state index in [1.807, 2.05) is 4.90 Å². The predicted molar refractivity (Wildman–Crippen MR) is 67.7 cm³/mol. The third kappa shape index (κ3) is 3.75. The molecule has 0 atom stereocenters. The molecule has 0 heterocycles. The number of anilines is 1. The molecule has 5 nitrogen and oxygen atoms in total. The molecule has 1 aromatic rings. The molecule has 1 N–H and O–H groups in total. The minimum absolute atomic E-state index is 0.242. The van der Waals surface area contributed by atoms with Gasteiger partial charge in [0.15, 0.2) is 0 Å². The number of methoxy groups -OCH3 is 1. The van der Waals surface area contributed by atoms with Gasteiger partial charge >= 0.3 is 5.97 Å². The fourth-order valence-corrected chi connectivity index (χ4v) is 1.67. The van der Waals surface area contributed by atoms with Gasteiger partial charge in [-0.05, 0) is 12.1 Å². The van der Waals surface area contributed by atoms with Crippen LogP contribution in [0, 0.1) is 11.3 Å². The molecule has 0 saturated carbocycles. The number of carboxylic acids is 1. The first-order valence-corrected chi connectivity index (χ1v) is 5.64. The summed E-state index contributed by atoms with van der Waals surface area (Å²) in [5.74, 6) is -0.968. The van der Waals surface area contributed by atoms with Crippen LogP contribution in [0.15, 0.2) is 24.3 Å². The number of ether oxygens (including phenoxy) is 1. The quantitative estimate of drug-likeness (QED) is 0.795. The van der Waals surface area contributed by atoms with Gasteiger partial charge in [0.1, 0.15) is 0 Å². The topological polar surface area (TPSA) is 73.6 Å². The van der Waals surface area contributed by atoms with Gasteiger partial charge in [0.05, 0.1) is 30.3 Å². The summed E-state index contributed by atoms with van der Waals surface area (Å²) in [5.41, 5.74) is 0.865. The highest BCUT2D eigenvalue weighted by molar-refractivity contribution is 5.94. The summed E-state index contributed by atoms with van der Waals surface area (Å²) in [6, 6.07) is 8.84. The van der Waals surface area contributed by atoms with Gasteiger partial charge in [-0.1, -0.05) is 12.1 Å². The van der Waals surface area contributed by atoms with E-state index < -0.39 is 5.97 Å². The van der Waals surface area contributed by atoms with Gasteiger partial charge in [-0.2, -0.15) is 5.26 Å². The van der Waals surface area contributed by atoms with Crippen molar-refractivity contribution in [2.75, 3.05) is 31.7 Å². The first kappa shape index (κ1) is 14.0. The standard InChI is InChI=1S/C13H16N2O3/c1-18-10-9-15(8-4-7-14)12-6-3-2-5-11(12)13(16)17/h2-3,5-6H,4,8-10H2,1H3,(H,16,17). The van der Waals surface area contributed by atoms with Crippen LogP contribution >= 0.6 is 0 Å². The van der Waals surface area contributed by atoms with Gasteiger partial charge < -0.3 is 14.7 Å². The second-order valence-corrected chi connectivity index (χ2v) is 3.71. The van der Waals surface area contributed by atoms with Crippen molar-refractivity contribution in [3.63, 3.8) is 0 Å². The number of para-hydroxylation sites is 1. The van der Waals surface area contributed by atoms with Crippen LogP contribution in [0.2, 0.25) is 0 Å². The second-order valence-electron chi connectivity index (χ2n) is 3.71. The normalized spacial score (nSPS) is 9.78. The zero-order chi connectivity index (χ0) is 13.4. The summed E-state index contributed by atoms with van der Waals surface area (Å²) in [4.78, 5) is 13.0. The summed E-state index contributed by atoms with van der Waals surface area (Å²) in [5, 5.41) is 17.8. The van der Waals surface area contributed by atoms with Crippen molar-refractivity contribution >= 4 is 11.7 Å². The number of benzene rings is 1. The number of nitriles is 1. The van der Waals surface area contributed by atoms with Gasteiger partial charge in [0, 0.05) is 20.2 Å². The molecule has 0 unspecified atom stereocenters. The minimum Gasteiger partial charge on any atom is -0.478 e. The average molecular weight is 248 g/mol. The number of carboxylic acid groups (broad SMARTS) is 1. The highest BCUT2D eigenvalue weighted by Crippen LogP contribution is 2.20. The SMILES string of the molecule is COCCN(CCC#N)c1ccccc1C(=O)O. The van der Waals surface area contributed by atoms with Crippen molar-refractivity contribution in [2.45, 2.75) is 6.42 Å². The monoisotopic (exact) mass is 248 g/mol. The lowest BCUT2D eigenvalue weighted by Gasteiger charge is -2.24. The summed E-state index contributed by atoms with van der Waals surface area (Å²) >= 11 is 0. The van der Waals surface area contributed by atoms with E-state index in [1.54, 1.807) is 31.4 Å². The number of rotatable bonds is 7. The van der Waals surface area contributed by atoms with Crippen molar-refractivity contribution in [2.24, 2.45) is 0 Å². The van der Waals surface area contributed by atoms with Crippen LogP contribution in [-0.2, 0) is 4.74 Å². The third-order valence-electron chi connectivity index (χ3n) is 2.53. The number of hydrogen-bond donors (Lipinski definition) is 1. The van der Waals surface area contributed by atoms with E-state index in [9.17, 15) is 4.79 Å². The molecule has 0 amide bonds. The Morgan fingerprint density at radius 1 is 1.44 bits per heavy atom. The summed E-state index contributed by atoms with van der Waals surface area (Å²) in [6.45, 7) is 1.53. The van der Waals surface area contributed by atoms with E-state index in [2.05, 4.69) is 6.07 Å². The number of aromatic carboxylic acids is 1. The molecule has 96 valence electrons. The van der Waals surface area contributed by atoms with Crippen LogP contribution in [-0.4, -0.2) is 37.9 Å². The zero-order valence-corrected chi connectivity index (χ0v) is 10.3. The first-order valence-electron chi connectivity index (χ1n) is 5.64.